The van der Waals surface area contributed by atoms with Gasteiger partial charge in [0.25, 0.3) is 0 Å². The van der Waals surface area contributed by atoms with Crippen LogP contribution in [-0.2, 0) is 0 Å². The molecule has 0 spiro atoms. The van der Waals surface area contributed by atoms with Crippen molar-refractivity contribution in [2.45, 2.75) is 0 Å². The fraction of sp³-hybridized carbons (Fsp3) is 0. The molecule has 7 heteroatoms. The number of rotatable bonds is 0. The third-order valence-electron chi connectivity index (χ3n) is 0.882. The van der Waals surface area contributed by atoms with Gasteiger partial charge in [-0.25, -0.2) is 0 Å². The van der Waals surface area contributed by atoms with E-state index in [0.29, 0.717) is 0 Å². The van der Waals surface area contributed by atoms with E-state index in [4.69, 9.17) is 25.3 Å². The Morgan fingerprint density at radius 2 is 1.15 bits per heavy atom. The summed E-state index contributed by atoms with van der Waals surface area (Å²) in [6.07, 6.45) is 0. The fourth-order valence-corrected chi connectivity index (χ4v) is 0.464. The third-order valence-corrected chi connectivity index (χ3v) is 0.882. The van der Waals surface area contributed by atoms with Gasteiger partial charge < -0.3 is 26.7 Å². The summed E-state index contributed by atoms with van der Waals surface area (Å²) in [5, 5.41) is 38.8. The third kappa shape index (κ3) is 9.28. The molecule has 0 saturated heterocycles. The Balaban J connectivity index is -0.000000180. The number of phenolic OH excluding ortho intramolecular Hbond substituents is 2. The van der Waals surface area contributed by atoms with Gasteiger partial charge in [-0.1, -0.05) is 12.1 Å². The predicted octanol–water partition coefficient (Wildman–Crippen LogP) is -3.84. The molecular formula is C6H10BLiO5. The van der Waals surface area contributed by atoms with Crippen molar-refractivity contribution in [3.05, 3.63) is 24.3 Å². The molecule has 5 nitrogen and oxygen atoms in total. The number of aromatic hydroxyl groups is 2. The van der Waals surface area contributed by atoms with E-state index in [1.807, 2.05) is 0 Å². The van der Waals surface area contributed by atoms with Crippen LogP contribution in [0, 0.1) is 0 Å². The normalized spacial score (nSPS) is 7.62. The van der Waals surface area contributed by atoms with E-state index in [9.17, 15) is 0 Å². The van der Waals surface area contributed by atoms with Crippen molar-refractivity contribution in [3.63, 3.8) is 0 Å². The zero-order valence-electron chi connectivity index (χ0n) is 8.12. The van der Waals surface area contributed by atoms with Gasteiger partial charge in [-0.3, -0.25) is 0 Å². The van der Waals surface area contributed by atoms with Crippen LogP contribution in [0.2, 0.25) is 0 Å². The number of phenols is 2. The van der Waals surface area contributed by atoms with Crippen molar-refractivity contribution in [1.29, 1.82) is 0 Å². The van der Waals surface area contributed by atoms with E-state index >= 15 is 0 Å². The van der Waals surface area contributed by atoms with E-state index in [-0.39, 0.29) is 31.8 Å². The Kier molecular flexibility index (Phi) is 9.13. The molecule has 1 aromatic carbocycles. The molecule has 0 radical (unpaired) electrons. The van der Waals surface area contributed by atoms with Crippen molar-refractivity contribution >= 4 is 7.32 Å². The first kappa shape index (κ1) is 14.9. The van der Waals surface area contributed by atoms with Crippen LogP contribution in [0.3, 0.4) is 0 Å². The molecule has 0 aromatic heterocycles. The molecule has 0 heterocycles. The smallest absolute Gasteiger partial charge is 1.00 e. The molecule has 68 valence electrons. The minimum Gasteiger partial charge on any atom is -1.00 e. The Bertz CT molecular complexity index is 213. The zero-order chi connectivity index (χ0) is 9.56. The quantitative estimate of drug-likeness (QED) is 0.208. The summed E-state index contributed by atoms with van der Waals surface area (Å²) in [6.45, 7) is 0. The van der Waals surface area contributed by atoms with Gasteiger partial charge in [0, 0.05) is 0 Å². The number of hydrogen-bond donors (Lipinski definition) is 5. The van der Waals surface area contributed by atoms with E-state index in [2.05, 4.69) is 0 Å². The molecular weight excluding hydrogens is 170 g/mol. The molecule has 1 rings (SSSR count). The largest absolute Gasteiger partial charge is 1.00 e. The van der Waals surface area contributed by atoms with Gasteiger partial charge in [0.15, 0.2) is 11.5 Å². The molecule has 0 aliphatic carbocycles. The summed E-state index contributed by atoms with van der Waals surface area (Å²) >= 11 is 0. The van der Waals surface area contributed by atoms with Crippen LogP contribution in [0.1, 0.15) is 1.43 Å². The molecule has 13 heavy (non-hydrogen) atoms. The van der Waals surface area contributed by atoms with Gasteiger partial charge in [-0.2, -0.15) is 0 Å². The molecule has 0 aliphatic rings. The molecule has 0 aliphatic heterocycles. The Labute approximate surface area is 89.1 Å². The van der Waals surface area contributed by atoms with Crippen LogP contribution >= 0.6 is 0 Å². The van der Waals surface area contributed by atoms with E-state index in [0.717, 1.165) is 0 Å². The summed E-state index contributed by atoms with van der Waals surface area (Å²) in [4.78, 5) is 0. The summed E-state index contributed by atoms with van der Waals surface area (Å²) in [7, 11) is -2.17. The van der Waals surface area contributed by atoms with Gasteiger partial charge in [0.05, 0.1) is 0 Å². The van der Waals surface area contributed by atoms with E-state index < -0.39 is 7.32 Å². The van der Waals surface area contributed by atoms with Gasteiger partial charge in [-0.05, 0) is 12.1 Å². The SMILES string of the molecule is OB(O)O.Oc1ccccc1O.[H-].[Li+]. The van der Waals surface area contributed by atoms with Crippen LogP contribution in [0.15, 0.2) is 24.3 Å². The summed E-state index contributed by atoms with van der Waals surface area (Å²) in [5.41, 5.74) is 0. The van der Waals surface area contributed by atoms with Crippen molar-refractivity contribution in [3.8, 4) is 11.5 Å². The maximum atomic E-state index is 8.67. The molecule has 0 bridgehead atoms. The number of para-hydroxylation sites is 2. The molecule has 0 amide bonds. The second kappa shape index (κ2) is 7.98. The Morgan fingerprint density at radius 3 is 1.31 bits per heavy atom. The Hall–Kier alpha value is -0.638. The first-order chi connectivity index (χ1) is 5.54. The van der Waals surface area contributed by atoms with Gasteiger partial charge in [0.2, 0.25) is 0 Å². The van der Waals surface area contributed by atoms with Crippen LogP contribution in [-0.4, -0.2) is 32.6 Å². The minimum absolute atomic E-state index is 0. The van der Waals surface area contributed by atoms with Crippen LogP contribution < -0.4 is 18.9 Å². The first-order valence-corrected chi connectivity index (χ1v) is 3.05. The summed E-state index contributed by atoms with van der Waals surface area (Å²) in [6, 6.07) is 6.15. The maximum absolute atomic E-state index is 8.67. The summed E-state index contributed by atoms with van der Waals surface area (Å²) < 4.78 is 0. The first-order valence-electron chi connectivity index (χ1n) is 3.05. The average molecular weight is 180 g/mol. The van der Waals surface area contributed by atoms with Crippen molar-refractivity contribution in [2.75, 3.05) is 0 Å². The monoisotopic (exact) mass is 180 g/mol. The van der Waals surface area contributed by atoms with Gasteiger partial charge in [0.1, 0.15) is 0 Å². The molecule has 0 atom stereocenters. The minimum atomic E-state index is -2.17. The van der Waals surface area contributed by atoms with Crippen molar-refractivity contribution < 1.29 is 45.6 Å². The topological polar surface area (TPSA) is 101 Å². The molecule has 0 unspecified atom stereocenters. The van der Waals surface area contributed by atoms with Crippen molar-refractivity contribution in [1.82, 2.24) is 0 Å². The van der Waals surface area contributed by atoms with E-state index in [1.54, 1.807) is 12.1 Å². The molecule has 5 N–H and O–H groups in total. The van der Waals surface area contributed by atoms with E-state index in [1.165, 1.54) is 12.1 Å². The van der Waals surface area contributed by atoms with Gasteiger partial charge in [-0.15, -0.1) is 0 Å². The Morgan fingerprint density at radius 1 is 0.923 bits per heavy atom. The molecule has 0 saturated carbocycles. The molecule has 1 aromatic rings. The number of hydrogen-bond acceptors (Lipinski definition) is 5. The van der Waals surface area contributed by atoms with Gasteiger partial charge >= 0.3 is 26.2 Å². The predicted molar refractivity (Wildman–Crippen MR) is 43.3 cm³/mol. The standard InChI is InChI=1S/C6H6O2.BH3O3.Li.H/c7-5-3-1-2-4-6(5)8;2-1(3)4;;/h1-4,7-8H;2-4H;;/q;;+1;-1. The maximum Gasteiger partial charge on any atom is 1.00 e. The number of benzene rings is 1. The zero-order valence-corrected chi connectivity index (χ0v) is 7.12. The van der Waals surface area contributed by atoms with Crippen LogP contribution in [0.25, 0.3) is 0 Å². The second-order valence-corrected chi connectivity index (χ2v) is 1.84. The average Bonchev–Trinajstić information content (AvgIpc) is 1.94. The fourth-order valence-electron chi connectivity index (χ4n) is 0.464. The molecule has 0 fully saturated rings. The van der Waals surface area contributed by atoms with Crippen molar-refractivity contribution in [2.24, 2.45) is 0 Å². The van der Waals surface area contributed by atoms with Crippen LogP contribution in [0.5, 0.6) is 11.5 Å². The summed E-state index contributed by atoms with van der Waals surface area (Å²) in [5.74, 6) is -0.153. The second-order valence-electron chi connectivity index (χ2n) is 1.84. The van der Waals surface area contributed by atoms with Crippen LogP contribution in [0.4, 0.5) is 0 Å².